The van der Waals surface area contributed by atoms with Crippen LogP contribution in [0.3, 0.4) is 0 Å². The molecular weight excluding hydrogens is 411 g/mol. The normalized spacial score (nSPS) is 18.7. The van der Waals surface area contributed by atoms with Crippen molar-refractivity contribution in [1.29, 1.82) is 0 Å². The Kier molecular flexibility index (Phi) is 7.15. The molecule has 30 heavy (non-hydrogen) atoms. The molecule has 160 valence electrons. The van der Waals surface area contributed by atoms with Crippen LogP contribution in [0.15, 0.2) is 48.5 Å². The van der Waals surface area contributed by atoms with E-state index in [1.807, 2.05) is 0 Å². The molecule has 1 aliphatic rings. The number of benzene rings is 2. The van der Waals surface area contributed by atoms with Gasteiger partial charge in [-0.15, -0.1) is 0 Å². The van der Waals surface area contributed by atoms with Crippen LogP contribution in [0.5, 0.6) is 11.5 Å². The van der Waals surface area contributed by atoms with Gasteiger partial charge in [-0.2, -0.15) is 0 Å². The van der Waals surface area contributed by atoms with Gasteiger partial charge in [0.1, 0.15) is 17.3 Å². The molecule has 1 atom stereocenters. The monoisotopic (exact) mass is 434 g/mol. The van der Waals surface area contributed by atoms with Crippen molar-refractivity contribution in [2.24, 2.45) is 11.1 Å². The van der Waals surface area contributed by atoms with E-state index in [1.165, 1.54) is 24.3 Å². The average molecular weight is 435 g/mol. The summed E-state index contributed by atoms with van der Waals surface area (Å²) in [5.41, 5.74) is 4.91. The predicted octanol–water partition coefficient (Wildman–Crippen LogP) is 3.42. The molecule has 1 aliphatic heterocycles. The van der Waals surface area contributed by atoms with Gasteiger partial charge in [0.05, 0.1) is 6.61 Å². The van der Waals surface area contributed by atoms with E-state index in [0.717, 1.165) is 0 Å². The van der Waals surface area contributed by atoms with E-state index in [2.05, 4.69) is 0 Å². The van der Waals surface area contributed by atoms with Crippen molar-refractivity contribution in [3.63, 3.8) is 0 Å². The topological polar surface area (TPSA) is 81.9 Å². The second-order valence-electron chi connectivity index (χ2n) is 7.55. The number of rotatable bonds is 8. The molecule has 0 aromatic heterocycles. The van der Waals surface area contributed by atoms with E-state index in [1.54, 1.807) is 29.2 Å². The van der Waals surface area contributed by atoms with Crippen LogP contribution in [0.25, 0.3) is 0 Å². The Labute approximate surface area is 179 Å². The third kappa shape index (κ3) is 6.10. The summed E-state index contributed by atoms with van der Waals surface area (Å²) in [7, 11) is 0. The first-order chi connectivity index (χ1) is 14.3. The van der Waals surface area contributed by atoms with Gasteiger partial charge in [-0.25, -0.2) is 4.39 Å². The van der Waals surface area contributed by atoms with Crippen molar-refractivity contribution in [2.45, 2.75) is 19.3 Å². The molecule has 6 nitrogen and oxygen atoms in total. The van der Waals surface area contributed by atoms with E-state index in [-0.39, 0.29) is 31.4 Å². The Morgan fingerprint density at radius 3 is 2.60 bits per heavy atom. The van der Waals surface area contributed by atoms with Gasteiger partial charge in [-0.1, -0.05) is 17.7 Å². The number of carbonyl (C=O) groups is 2. The zero-order valence-corrected chi connectivity index (χ0v) is 17.2. The average Bonchev–Trinajstić information content (AvgIpc) is 2.71. The Bertz CT molecular complexity index is 893. The van der Waals surface area contributed by atoms with E-state index in [4.69, 9.17) is 26.8 Å². The molecule has 0 bridgehead atoms. The van der Waals surface area contributed by atoms with Crippen LogP contribution < -0.4 is 15.2 Å². The molecule has 2 amide bonds. The van der Waals surface area contributed by atoms with Crippen LogP contribution in [0.4, 0.5) is 4.39 Å². The van der Waals surface area contributed by atoms with E-state index in [0.29, 0.717) is 42.5 Å². The summed E-state index contributed by atoms with van der Waals surface area (Å²) in [6.07, 6.45) is 1.53. The van der Waals surface area contributed by atoms with E-state index < -0.39 is 11.3 Å². The van der Waals surface area contributed by atoms with Crippen molar-refractivity contribution in [2.75, 3.05) is 26.3 Å². The summed E-state index contributed by atoms with van der Waals surface area (Å²) in [5.74, 6) is -0.0262. The van der Waals surface area contributed by atoms with Gasteiger partial charge in [-0.3, -0.25) is 9.59 Å². The molecule has 1 unspecified atom stereocenters. The molecule has 2 aromatic rings. The molecule has 2 N–H and O–H groups in total. The number of carbonyl (C=O) groups excluding carboxylic acids is 2. The maximum absolute atomic E-state index is 13.0. The molecule has 2 aromatic carbocycles. The zero-order chi connectivity index (χ0) is 21.6. The van der Waals surface area contributed by atoms with Gasteiger partial charge in [0.2, 0.25) is 5.91 Å². The minimum atomic E-state index is -0.585. The Balaban J connectivity index is 1.64. The molecule has 0 spiro atoms. The van der Waals surface area contributed by atoms with E-state index in [9.17, 15) is 14.0 Å². The lowest BCUT2D eigenvalue weighted by Crippen LogP contribution is -2.51. The maximum Gasteiger partial charge on any atom is 0.260 e. The summed E-state index contributed by atoms with van der Waals surface area (Å²) in [6, 6.07) is 12.5. The quantitative estimate of drug-likeness (QED) is 0.690. The minimum absolute atomic E-state index is 0.107. The van der Waals surface area contributed by atoms with Crippen LogP contribution in [-0.4, -0.2) is 43.0 Å². The summed E-state index contributed by atoms with van der Waals surface area (Å²) >= 11 is 6.00. The number of primary amides is 1. The fourth-order valence-corrected chi connectivity index (χ4v) is 3.84. The first kappa shape index (κ1) is 21.9. The summed E-state index contributed by atoms with van der Waals surface area (Å²) in [4.78, 5) is 26.1. The molecule has 3 rings (SSSR count). The molecule has 1 saturated heterocycles. The van der Waals surface area contributed by atoms with Crippen molar-refractivity contribution in [3.8, 4) is 11.5 Å². The molecule has 0 saturated carbocycles. The maximum atomic E-state index is 13.0. The highest BCUT2D eigenvalue weighted by Gasteiger charge is 2.39. The summed E-state index contributed by atoms with van der Waals surface area (Å²) < 4.78 is 24.4. The molecular formula is C22H24ClFN2O4. The van der Waals surface area contributed by atoms with Crippen LogP contribution in [-0.2, 0) is 9.59 Å². The Morgan fingerprint density at radius 2 is 1.90 bits per heavy atom. The number of piperidine rings is 1. The number of hydrogen-bond acceptors (Lipinski definition) is 4. The number of hydrogen-bond donors (Lipinski definition) is 1. The number of likely N-dealkylation sites (tertiary alicyclic amines) is 1. The summed E-state index contributed by atoms with van der Waals surface area (Å²) in [5, 5.41) is 0.551. The van der Waals surface area contributed by atoms with Crippen molar-refractivity contribution >= 4 is 23.4 Å². The number of ether oxygens (including phenoxy) is 2. The van der Waals surface area contributed by atoms with Gasteiger partial charge in [0.15, 0.2) is 6.61 Å². The molecule has 0 radical (unpaired) electrons. The van der Waals surface area contributed by atoms with Gasteiger partial charge < -0.3 is 20.1 Å². The van der Waals surface area contributed by atoms with Gasteiger partial charge in [0.25, 0.3) is 5.91 Å². The lowest BCUT2D eigenvalue weighted by Gasteiger charge is -2.42. The van der Waals surface area contributed by atoms with Crippen LogP contribution in [0.1, 0.15) is 19.3 Å². The zero-order valence-electron chi connectivity index (χ0n) is 16.5. The van der Waals surface area contributed by atoms with Crippen LogP contribution >= 0.6 is 11.6 Å². The lowest BCUT2D eigenvalue weighted by molar-refractivity contribution is -0.139. The van der Waals surface area contributed by atoms with Crippen LogP contribution in [0.2, 0.25) is 5.02 Å². The number of amides is 2. The van der Waals surface area contributed by atoms with Crippen molar-refractivity contribution in [1.82, 2.24) is 4.90 Å². The highest BCUT2D eigenvalue weighted by molar-refractivity contribution is 6.30. The predicted molar refractivity (Wildman–Crippen MR) is 111 cm³/mol. The number of halogens is 2. The molecule has 8 heteroatoms. The SMILES string of the molecule is NC(=O)CC1(COc2cccc(Cl)c2)CCCN(C(=O)COc2ccc(F)cc2)C1. The minimum Gasteiger partial charge on any atom is -0.493 e. The third-order valence-corrected chi connectivity index (χ3v) is 5.32. The highest BCUT2D eigenvalue weighted by Crippen LogP contribution is 2.34. The van der Waals surface area contributed by atoms with Crippen molar-refractivity contribution in [3.05, 3.63) is 59.4 Å². The van der Waals surface area contributed by atoms with Gasteiger partial charge >= 0.3 is 0 Å². The molecule has 0 aliphatic carbocycles. The molecule has 1 fully saturated rings. The van der Waals surface area contributed by atoms with E-state index >= 15 is 0 Å². The Hall–Kier alpha value is -2.80. The highest BCUT2D eigenvalue weighted by atomic mass is 35.5. The van der Waals surface area contributed by atoms with Gasteiger partial charge in [0, 0.05) is 29.9 Å². The first-order valence-corrected chi connectivity index (χ1v) is 10.1. The fourth-order valence-electron chi connectivity index (χ4n) is 3.66. The second-order valence-corrected chi connectivity index (χ2v) is 7.99. The largest absolute Gasteiger partial charge is 0.493 e. The van der Waals surface area contributed by atoms with Crippen molar-refractivity contribution < 1.29 is 23.5 Å². The Morgan fingerprint density at radius 1 is 1.13 bits per heavy atom. The van der Waals surface area contributed by atoms with Crippen LogP contribution in [0, 0.1) is 11.2 Å². The number of nitrogens with two attached hydrogens (primary N) is 1. The smallest absolute Gasteiger partial charge is 0.260 e. The standard InChI is InChI=1S/C22H24ClFN2O4/c23-16-3-1-4-19(11-16)30-15-22(12-20(25)27)9-2-10-26(14-22)21(28)13-29-18-7-5-17(24)6-8-18/h1,3-8,11H,2,9-10,12-15H2,(H2,25,27). The molecule has 1 heterocycles. The summed E-state index contributed by atoms with van der Waals surface area (Å²) in [6.45, 7) is 0.956. The second kappa shape index (κ2) is 9.80. The lowest BCUT2D eigenvalue weighted by atomic mass is 9.77. The third-order valence-electron chi connectivity index (χ3n) is 5.08. The number of nitrogens with zero attached hydrogens (tertiary/aromatic N) is 1. The van der Waals surface area contributed by atoms with Gasteiger partial charge in [-0.05, 0) is 55.3 Å². The first-order valence-electron chi connectivity index (χ1n) is 9.68. The fraction of sp³-hybridized carbons (Fsp3) is 0.364.